The van der Waals surface area contributed by atoms with Gasteiger partial charge in [0.05, 0.1) is 23.3 Å². The molecule has 3 aromatic rings. The quantitative estimate of drug-likeness (QED) is 0.297. The fourth-order valence-corrected chi connectivity index (χ4v) is 4.88. The molecule has 0 radical (unpaired) electrons. The van der Waals surface area contributed by atoms with Crippen molar-refractivity contribution in [1.29, 1.82) is 0 Å². The number of aliphatic imine (C=N–C) groups is 1. The number of nitrogens with zero attached hydrogens (tertiary/aromatic N) is 4. The van der Waals surface area contributed by atoms with Crippen LogP contribution >= 0.6 is 11.3 Å². The highest BCUT2D eigenvalue weighted by Gasteiger charge is 2.17. The first-order valence-electron chi connectivity index (χ1n) is 12.1. The van der Waals surface area contributed by atoms with Gasteiger partial charge in [0.2, 0.25) is 0 Å². The molecular weight excluding hydrogens is 486 g/mol. The van der Waals surface area contributed by atoms with Crippen LogP contribution in [0.3, 0.4) is 0 Å². The Kier molecular flexibility index (Phi) is 8.42. The summed E-state index contributed by atoms with van der Waals surface area (Å²) in [7, 11) is 5.80. The zero-order valence-corrected chi connectivity index (χ0v) is 22.3. The van der Waals surface area contributed by atoms with Crippen molar-refractivity contribution in [3.63, 3.8) is 0 Å². The molecule has 2 aromatic heterocycles. The minimum absolute atomic E-state index is 0.306. The minimum Gasteiger partial charge on any atom is -0.386 e. The summed E-state index contributed by atoms with van der Waals surface area (Å²) in [6, 6.07) is 7.06. The van der Waals surface area contributed by atoms with E-state index in [2.05, 4.69) is 48.0 Å². The number of carbonyl (C=O) groups excluding carboxylic acids is 2. The van der Waals surface area contributed by atoms with E-state index < -0.39 is 0 Å². The molecule has 9 nitrogen and oxygen atoms in total. The average Bonchev–Trinajstić information content (AvgIpc) is 3.25. The van der Waals surface area contributed by atoms with Crippen molar-refractivity contribution in [2.24, 2.45) is 4.99 Å². The number of rotatable bonds is 9. The number of fused-ring (bicyclic) bond motifs is 1. The van der Waals surface area contributed by atoms with Gasteiger partial charge in [0.15, 0.2) is 5.13 Å². The predicted octanol–water partition coefficient (Wildman–Crippen LogP) is 2.69. The van der Waals surface area contributed by atoms with E-state index in [1.807, 2.05) is 27.1 Å². The van der Waals surface area contributed by atoms with Gasteiger partial charge in [-0.2, -0.15) is 0 Å². The number of thiazole rings is 1. The molecule has 1 aromatic carbocycles. The highest BCUT2D eigenvalue weighted by atomic mass is 32.1. The zero-order valence-electron chi connectivity index (χ0n) is 21.5. The van der Waals surface area contributed by atoms with Gasteiger partial charge in [-0.3, -0.25) is 19.9 Å². The van der Waals surface area contributed by atoms with E-state index in [4.69, 9.17) is 0 Å². The molecule has 0 bridgehead atoms. The van der Waals surface area contributed by atoms with Gasteiger partial charge >= 0.3 is 0 Å². The molecule has 4 rings (SSSR count). The van der Waals surface area contributed by atoms with Crippen LogP contribution in [-0.2, 0) is 6.42 Å². The van der Waals surface area contributed by atoms with Gasteiger partial charge in [0, 0.05) is 24.7 Å². The van der Waals surface area contributed by atoms with E-state index in [9.17, 15) is 9.59 Å². The average molecular weight is 518 g/mol. The molecule has 0 saturated carbocycles. The van der Waals surface area contributed by atoms with Crippen molar-refractivity contribution < 1.29 is 9.59 Å². The fourth-order valence-electron chi connectivity index (χ4n) is 3.93. The number of anilines is 2. The number of likely N-dealkylation sites (N-methyl/N-ethyl adjacent to an activating group) is 1. The molecule has 2 heterocycles. The smallest absolute Gasteiger partial charge is 0.274 e. The molecule has 0 atom stereocenters. The molecule has 1 aliphatic carbocycles. The summed E-state index contributed by atoms with van der Waals surface area (Å²) in [5.74, 6) is -0.700. The Labute approximate surface area is 220 Å². The van der Waals surface area contributed by atoms with Crippen LogP contribution in [0.1, 0.15) is 44.3 Å². The summed E-state index contributed by atoms with van der Waals surface area (Å²) in [4.78, 5) is 42.3. The van der Waals surface area contributed by atoms with Crippen LogP contribution in [0.4, 0.5) is 16.5 Å². The number of aromatic nitrogens is 2. The summed E-state index contributed by atoms with van der Waals surface area (Å²) in [5, 5.41) is 11.2. The molecule has 2 amide bonds. The van der Waals surface area contributed by atoms with Gasteiger partial charge in [0.25, 0.3) is 11.8 Å². The van der Waals surface area contributed by atoms with Gasteiger partial charge in [-0.1, -0.05) is 18.2 Å². The third kappa shape index (κ3) is 6.46. The highest BCUT2D eigenvalue weighted by Crippen LogP contribution is 2.30. The van der Waals surface area contributed by atoms with Gasteiger partial charge < -0.3 is 15.5 Å². The van der Waals surface area contributed by atoms with Crippen LogP contribution < -0.4 is 26.4 Å². The van der Waals surface area contributed by atoms with Gasteiger partial charge in [-0.15, -0.1) is 11.3 Å². The van der Waals surface area contributed by atoms with Crippen LogP contribution in [0.25, 0.3) is 12.2 Å². The summed E-state index contributed by atoms with van der Waals surface area (Å²) < 4.78 is 0. The second-order valence-electron chi connectivity index (χ2n) is 8.90. The maximum Gasteiger partial charge on any atom is 0.274 e. The Morgan fingerprint density at radius 2 is 1.95 bits per heavy atom. The number of pyridine rings is 1. The second-order valence-corrected chi connectivity index (χ2v) is 9.99. The van der Waals surface area contributed by atoms with Gasteiger partial charge in [0.1, 0.15) is 11.4 Å². The van der Waals surface area contributed by atoms with Crippen molar-refractivity contribution >= 4 is 58.1 Å². The summed E-state index contributed by atoms with van der Waals surface area (Å²) in [6.45, 7) is 2.85. The minimum atomic E-state index is -0.373. The zero-order chi connectivity index (χ0) is 26.4. The van der Waals surface area contributed by atoms with Crippen molar-refractivity contribution in [2.45, 2.75) is 26.2 Å². The van der Waals surface area contributed by atoms with Crippen molar-refractivity contribution in [3.8, 4) is 0 Å². The number of benzene rings is 1. The fraction of sp³-hybridized carbons (Fsp3) is 0.296. The molecule has 1 aliphatic rings. The van der Waals surface area contributed by atoms with Crippen molar-refractivity contribution in [1.82, 2.24) is 20.2 Å². The van der Waals surface area contributed by atoms with Crippen molar-refractivity contribution in [3.05, 3.63) is 62.7 Å². The van der Waals surface area contributed by atoms with Crippen LogP contribution in [0, 0.1) is 6.92 Å². The summed E-state index contributed by atoms with van der Waals surface area (Å²) in [5.41, 5.74) is 2.64. The van der Waals surface area contributed by atoms with Crippen LogP contribution in [0.2, 0.25) is 0 Å². The van der Waals surface area contributed by atoms with E-state index in [0.717, 1.165) is 46.8 Å². The lowest BCUT2D eigenvalue weighted by atomic mass is 10.1. The maximum absolute atomic E-state index is 13.2. The highest BCUT2D eigenvalue weighted by molar-refractivity contribution is 7.15. The van der Waals surface area contributed by atoms with E-state index in [-0.39, 0.29) is 11.8 Å². The molecule has 37 heavy (non-hydrogen) atoms. The van der Waals surface area contributed by atoms with E-state index in [1.54, 1.807) is 31.4 Å². The van der Waals surface area contributed by atoms with Crippen LogP contribution in [-0.4, -0.2) is 60.7 Å². The lowest BCUT2D eigenvalue weighted by Gasteiger charge is -2.10. The molecule has 192 valence electrons. The summed E-state index contributed by atoms with van der Waals surface area (Å²) >= 11 is 1.48. The third-order valence-electron chi connectivity index (χ3n) is 5.93. The Morgan fingerprint density at radius 1 is 1.16 bits per heavy atom. The molecular formula is C27H31N7O2S. The van der Waals surface area contributed by atoms with Crippen LogP contribution in [0.5, 0.6) is 0 Å². The molecule has 10 heteroatoms. The molecule has 0 saturated heterocycles. The Morgan fingerprint density at radius 3 is 2.70 bits per heavy atom. The van der Waals surface area contributed by atoms with Crippen molar-refractivity contribution in [2.75, 3.05) is 38.3 Å². The topological polar surface area (TPSA) is 112 Å². The lowest BCUT2D eigenvalue weighted by Crippen LogP contribution is -2.31. The maximum atomic E-state index is 13.2. The normalized spacial score (nSPS) is 12.6. The number of carbonyl (C=O) groups is 2. The Bertz CT molecular complexity index is 1460. The summed E-state index contributed by atoms with van der Waals surface area (Å²) in [6.07, 6.45) is 10.0. The first-order valence-corrected chi connectivity index (χ1v) is 12.9. The van der Waals surface area contributed by atoms with Gasteiger partial charge in [-0.05, 0) is 68.9 Å². The van der Waals surface area contributed by atoms with Gasteiger partial charge in [-0.25, -0.2) is 9.98 Å². The molecule has 0 fully saturated rings. The number of hydrogen-bond acceptors (Lipinski definition) is 8. The monoisotopic (exact) mass is 517 g/mol. The SMILES string of the molecule is CNc1cccc(C(=O)Nc2nc(C)c(CCN(C)C)s2)c1N=CNC(=O)c1cc2c(cn1)=CCCC=2. The largest absolute Gasteiger partial charge is 0.386 e. The standard InChI is InChI=1S/C27H31N7O2S/c1-17-23(12-13-34(3)4)37-27(32-17)33-25(35)20-10-7-11-21(28-2)24(20)30-16-31-26(36)22-14-18-8-5-6-9-19(18)15-29-22/h7-11,14-16,28H,5-6,12-13H2,1-4H3,(H,30,31,36)(H,32,33,35). The molecule has 3 N–H and O–H groups in total. The number of amides is 2. The van der Waals surface area contributed by atoms with E-state index >= 15 is 0 Å². The second kappa shape index (κ2) is 11.9. The Hall–Kier alpha value is -3.89. The number of hydrogen-bond donors (Lipinski definition) is 3. The predicted molar refractivity (Wildman–Crippen MR) is 150 cm³/mol. The molecule has 0 spiro atoms. The lowest BCUT2D eigenvalue weighted by molar-refractivity contribution is 0.0972. The Balaban J connectivity index is 1.50. The molecule has 0 unspecified atom stereocenters. The first-order chi connectivity index (χ1) is 17.9. The molecule has 0 aliphatic heterocycles. The number of para-hydroxylation sites is 1. The number of nitrogens with one attached hydrogen (secondary N) is 3. The van der Waals surface area contributed by atoms with Crippen LogP contribution in [0.15, 0.2) is 35.5 Å². The third-order valence-corrected chi connectivity index (χ3v) is 7.07. The van der Waals surface area contributed by atoms with E-state index in [0.29, 0.717) is 27.8 Å². The first kappa shape index (κ1) is 26.2. The number of aryl methyl sites for hydroxylation is 1. The van der Waals surface area contributed by atoms with E-state index in [1.165, 1.54) is 17.7 Å².